The van der Waals surface area contributed by atoms with Crippen molar-refractivity contribution in [3.05, 3.63) is 34.3 Å². The molecule has 0 bridgehead atoms. The third kappa shape index (κ3) is 4.44. The molecule has 1 aromatic carbocycles. The van der Waals surface area contributed by atoms with E-state index in [1.807, 2.05) is 26.0 Å². The van der Waals surface area contributed by atoms with Crippen LogP contribution in [-0.2, 0) is 10.2 Å². The first kappa shape index (κ1) is 18.5. The van der Waals surface area contributed by atoms with Crippen LogP contribution in [0.3, 0.4) is 0 Å². The summed E-state index contributed by atoms with van der Waals surface area (Å²) in [7, 11) is 0. The summed E-state index contributed by atoms with van der Waals surface area (Å²) in [6.45, 7) is 4.35. The molecule has 2 rings (SSSR count). The van der Waals surface area contributed by atoms with Crippen LogP contribution < -0.4 is 11.1 Å². The number of hydrogen-bond donors (Lipinski definition) is 2. The van der Waals surface area contributed by atoms with Gasteiger partial charge in [-0.25, -0.2) is 0 Å². The van der Waals surface area contributed by atoms with Crippen molar-refractivity contribution in [2.24, 2.45) is 5.73 Å². The Hall–Kier alpha value is -0.580. The zero-order valence-electron chi connectivity index (χ0n) is 12.6. The van der Waals surface area contributed by atoms with Gasteiger partial charge in [0.1, 0.15) is 0 Å². The van der Waals surface area contributed by atoms with Crippen molar-refractivity contribution in [3.63, 3.8) is 0 Å². The van der Waals surface area contributed by atoms with Crippen molar-refractivity contribution in [1.82, 2.24) is 5.32 Å². The summed E-state index contributed by atoms with van der Waals surface area (Å²) in [5.74, 6) is 0.117. The molecule has 1 saturated carbocycles. The van der Waals surface area contributed by atoms with Crippen LogP contribution in [0.2, 0.25) is 0 Å². The summed E-state index contributed by atoms with van der Waals surface area (Å²) in [6.07, 6.45) is 4.04. The fourth-order valence-corrected chi connectivity index (χ4v) is 3.29. The van der Waals surface area contributed by atoms with E-state index < -0.39 is 0 Å². The van der Waals surface area contributed by atoms with E-state index in [0.717, 1.165) is 35.7 Å². The molecule has 0 aromatic heterocycles. The summed E-state index contributed by atoms with van der Waals surface area (Å²) in [4.78, 5) is 12.7. The molecule has 118 valence electrons. The Kier molecular flexibility index (Phi) is 6.26. The minimum Gasteiger partial charge on any atom is -0.354 e. The predicted molar refractivity (Wildman–Crippen MR) is 92.8 cm³/mol. The summed E-state index contributed by atoms with van der Waals surface area (Å²) in [5.41, 5.74) is 6.31. The van der Waals surface area contributed by atoms with Crippen molar-refractivity contribution < 1.29 is 4.79 Å². The Labute approximate surface area is 141 Å². The van der Waals surface area contributed by atoms with E-state index in [0.29, 0.717) is 6.54 Å². The number of halogens is 2. The molecule has 21 heavy (non-hydrogen) atoms. The molecule has 0 heterocycles. The molecule has 3 N–H and O–H groups in total. The monoisotopic (exact) mass is 374 g/mol. The highest BCUT2D eigenvalue weighted by Crippen LogP contribution is 2.42. The summed E-state index contributed by atoms with van der Waals surface area (Å²) in [5, 5.41) is 3.04. The number of rotatable bonds is 4. The van der Waals surface area contributed by atoms with E-state index in [1.54, 1.807) is 0 Å². The maximum absolute atomic E-state index is 12.7. The highest BCUT2D eigenvalue weighted by molar-refractivity contribution is 9.10. The lowest BCUT2D eigenvalue weighted by molar-refractivity contribution is -0.126. The highest BCUT2D eigenvalue weighted by Gasteiger charge is 2.42. The van der Waals surface area contributed by atoms with E-state index in [-0.39, 0.29) is 29.3 Å². The molecule has 0 radical (unpaired) electrons. The molecule has 1 fully saturated rings. The van der Waals surface area contributed by atoms with Crippen LogP contribution in [-0.4, -0.2) is 18.0 Å². The first-order chi connectivity index (χ1) is 9.33. The lowest BCUT2D eigenvalue weighted by atomic mass is 9.78. The predicted octanol–water partition coefficient (Wildman–Crippen LogP) is 3.54. The lowest BCUT2D eigenvalue weighted by Gasteiger charge is -2.30. The first-order valence-electron chi connectivity index (χ1n) is 7.17. The van der Waals surface area contributed by atoms with E-state index in [2.05, 4.69) is 33.4 Å². The van der Waals surface area contributed by atoms with Gasteiger partial charge in [0.2, 0.25) is 5.91 Å². The Morgan fingerprint density at radius 1 is 1.38 bits per heavy atom. The standard InChI is InChI=1S/C16H23BrN2O.ClH/c1-15(2,18)11-19-14(20)16(8-3-4-9-16)12-6-5-7-13(17)10-12;/h5-7,10H,3-4,8-9,11,18H2,1-2H3,(H,19,20);1H. The van der Waals surface area contributed by atoms with Gasteiger partial charge < -0.3 is 11.1 Å². The molecular formula is C16H24BrClN2O. The van der Waals surface area contributed by atoms with Crippen LogP contribution in [0.1, 0.15) is 45.1 Å². The molecular weight excluding hydrogens is 352 g/mol. The van der Waals surface area contributed by atoms with Gasteiger partial charge in [0.05, 0.1) is 5.41 Å². The molecule has 1 aliphatic carbocycles. The highest BCUT2D eigenvalue weighted by atomic mass is 79.9. The molecule has 0 saturated heterocycles. The van der Waals surface area contributed by atoms with Gasteiger partial charge in [0.25, 0.3) is 0 Å². The van der Waals surface area contributed by atoms with Gasteiger partial charge in [-0.05, 0) is 44.4 Å². The second-order valence-electron chi connectivity index (χ2n) is 6.47. The van der Waals surface area contributed by atoms with Crippen LogP contribution in [0.5, 0.6) is 0 Å². The Bertz CT molecular complexity index is 493. The molecule has 5 heteroatoms. The maximum Gasteiger partial charge on any atom is 0.230 e. The van der Waals surface area contributed by atoms with E-state index >= 15 is 0 Å². The first-order valence-corrected chi connectivity index (χ1v) is 7.96. The largest absolute Gasteiger partial charge is 0.354 e. The van der Waals surface area contributed by atoms with Crippen LogP contribution in [0.15, 0.2) is 28.7 Å². The number of amides is 1. The van der Waals surface area contributed by atoms with E-state index in [1.165, 1.54) is 0 Å². The van der Waals surface area contributed by atoms with Gasteiger partial charge in [-0.2, -0.15) is 0 Å². The fraction of sp³-hybridized carbons (Fsp3) is 0.562. The van der Waals surface area contributed by atoms with Gasteiger partial charge in [0.15, 0.2) is 0 Å². The number of benzene rings is 1. The van der Waals surface area contributed by atoms with Gasteiger partial charge in [0, 0.05) is 16.6 Å². The van der Waals surface area contributed by atoms with Crippen LogP contribution in [0.4, 0.5) is 0 Å². The van der Waals surface area contributed by atoms with Gasteiger partial charge in [-0.15, -0.1) is 12.4 Å². The zero-order valence-corrected chi connectivity index (χ0v) is 15.0. The smallest absolute Gasteiger partial charge is 0.230 e. The van der Waals surface area contributed by atoms with Gasteiger partial charge in [-0.3, -0.25) is 4.79 Å². The number of hydrogen-bond acceptors (Lipinski definition) is 2. The Morgan fingerprint density at radius 2 is 2.00 bits per heavy atom. The van der Waals surface area contributed by atoms with Crippen LogP contribution >= 0.6 is 28.3 Å². The normalized spacial score (nSPS) is 17.1. The molecule has 0 spiro atoms. The van der Waals surface area contributed by atoms with Crippen molar-refractivity contribution >= 4 is 34.2 Å². The average molecular weight is 376 g/mol. The minimum atomic E-state index is -0.382. The molecule has 0 atom stereocenters. The van der Waals surface area contributed by atoms with Gasteiger partial charge >= 0.3 is 0 Å². The van der Waals surface area contributed by atoms with Crippen molar-refractivity contribution in [1.29, 1.82) is 0 Å². The molecule has 0 unspecified atom stereocenters. The molecule has 0 aliphatic heterocycles. The topological polar surface area (TPSA) is 55.1 Å². The fourth-order valence-electron chi connectivity index (χ4n) is 2.89. The molecule has 3 nitrogen and oxygen atoms in total. The number of carbonyl (C=O) groups excluding carboxylic acids is 1. The molecule has 1 aromatic rings. The van der Waals surface area contributed by atoms with E-state index in [4.69, 9.17) is 5.73 Å². The summed E-state index contributed by atoms with van der Waals surface area (Å²) >= 11 is 3.50. The van der Waals surface area contributed by atoms with Crippen molar-refractivity contribution in [2.75, 3.05) is 6.54 Å². The average Bonchev–Trinajstić information content (AvgIpc) is 2.85. The summed E-state index contributed by atoms with van der Waals surface area (Å²) in [6, 6.07) is 8.12. The third-order valence-corrected chi connectivity index (χ3v) is 4.47. The second-order valence-corrected chi connectivity index (χ2v) is 7.39. The maximum atomic E-state index is 12.7. The number of nitrogens with two attached hydrogens (primary N) is 1. The summed E-state index contributed by atoms with van der Waals surface area (Å²) < 4.78 is 1.02. The second kappa shape index (κ2) is 7.12. The minimum absolute atomic E-state index is 0. The zero-order chi connectivity index (χ0) is 14.8. The third-order valence-electron chi connectivity index (χ3n) is 3.97. The number of carbonyl (C=O) groups is 1. The van der Waals surface area contributed by atoms with Crippen LogP contribution in [0, 0.1) is 0 Å². The van der Waals surface area contributed by atoms with Crippen molar-refractivity contribution in [3.8, 4) is 0 Å². The SMILES string of the molecule is CC(C)(N)CNC(=O)C1(c2cccc(Br)c2)CCCC1.Cl. The van der Waals surface area contributed by atoms with Crippen LogP contribution in [0.25, 0.3) is 0 Å². The quantitative estimate of drug-likeness (QED) is 0.845. The van der Waals surface area contributed by atoms with E-state index in [9.17, 15) is 4.79 Å². The molecule has 1 aliphatic rings. The van der Waals surface area contributed by atoms with Gasteiger partial charge in [-0.1, -0.05) is 40.9 Å². The molecule has 1 amide bonds. The number of nitrogens with one attached hydrogen (secondary N) is 1. The lowest BCUT2D eigenvalue weighted by Crippen LogP contribution is -2.50. The van der Waals surface area contributed by atoms with Crippen molar-refractivity contribution in [2.45, 2.75) is 50.5 Å². The Morgan fingerprint density at radius 3 is 2.52 bits per heavy atom. The Balaban J connectivity index is 0.00000220.